The second-order valence-corrected chi connectivity index (χ2v) is 8.93. The quantitative estimate of drug-likeness (QED) is 0.325. The van der Waals surface area contributed by atoms with Gasteiger partial charge in [-0.2, -0.15) is 4.98 Å². The van der Waals surface area contributed by atoms with E-state index in [1.54, 1.807) is 30.7 Å². The molecule has 1 aliphatic heterocycles. The van der Waals surface area contributed by atoms with E-state index in [-0.39, 0.29) is 5.91 Å². The number of methoxy groups -OCH3 is 2. The molecule has 0 aliphatic carbocycles. The summed E-state index contributed by atoms with van der Waals surface area (Å²) < 4.78 is 12.7. The molecule has 0 saturated carbocycles. The summed E-state index contributed by atoms with van der Waals surface area (Å²) in [6.45, 7) is 4.04. The van der Waals surface area contributed by atoms with Gasteiger partial charge in [0, 0.05) is 17.1 Å². The third kappa shape index (κ3) is 4.89. The number of anilines is 2. The van der Waals surface area contributed by atoms with Gasteiger partial charge in [-0.05, 0) is 43.2 Å². The molecule has 2 heterocycles. The van der Waals surface area contributed by atoms with Crippen LogP contribution in [0.1, 0.15) is 38.3 Å². The second kappa shape index (κ2) is 10.6. The molecule has 1 aliphatic rings. The maximum Gasteiger partial charge on any atom is 0.255 e. The molecule has 1 amide bonds. The van der Waals surface area contributed by atoms with E-state index in [2.05, 4.69) is 22.5 Å². The first-order valence-corrected chi connectivity index (χ1v) is 12.2. The normalized spacial score (nSPS) is 14.9. The zero-order chi connectivity index (χ0) is 24.1. The van der Waals surface area contributed by atoms with Crippen molar-refractivity contribution in [2.45, 2.75) is 37.9 Å². The molecule has 3 aromatic rings. The van der Waals surface area contributed by atoms with Gasteiger partial charge in [-0.15, -0.1) is 5.10 Å². The van der Waals surface area contributed by atoms with Crippen molar-refractivity contribution in [1.29, 1.82) is 0 Å². The van der Waals surface area contributed by atoms with Crippen LogP contribution in [-0.2, 0) is 4.79 Å². The summed E-state index contributed by atoms with van der Waals surface area (Å²) in [5, 5.41) is 11.7. The number of fused-ring (bicyclic) bond motifs is 1. The molecule has 2 N–H and O–H groups in total. The topological polar surface area (TPSA) is 90.3 Å². The molecular formula is C25H29N5O3S. The van der Waals surface area contributed by atoms with Crippen LogP contribution in [0.3, 0.4) is 0 Å². The lowest BCUT2D eigenvalue weighted by Gasteiger charge is -2.29. The number of hydrogen-bond acceptors (Lipinski definition) is 7. The number of aromatic nitrogens is 3. The number of para-hydroxylation sites is 1. The predicted octanol–water partition coefficient (Wildman–Crippen LogP) is 5.12. The van der Waals surface area contributed by atoms with Crippen molar-refractivity contribution >= 4 is 29.3 Å². The number of allylic oxidation sites excluding steroid dienone is 1. The van der Waals surface area contributed by atoms with Crippen LogP contribution in [0.25, 0.3) is 0 Å². The number of hydrogen-bond donors (Lipinski definition) is 2. The third-order valence-electron chi connectivity index (χ3n) is 5.56. The van der Waals surface area contributed by atoms with Gasteiger partial charge in [-0.1, -0.05) is 49.4 Å². The summed E-state index contributed by atoms with van der Waals surface area (Å²) in [6, 6.07) is 14.6. The number of thioether (sulfide) groups is 1. The van der Waals surface area contributed by atoms with Crippen molar-refractivity contribution in [3.63, 3.8) is 0 Å². The second-order valence-electron chi connectivity index (χ2n) is 7.87. The fourth-order valence-corrected chi connectivity index (χ4v) is 4.76. The number of benzene rings is 2. The zero-order valence-corrected chi connectivity index (χ0v) is 20.6. The standard InChI is InChI=1S/C25H29N5O3S/c1-5-6-14-34-25-28-24-26-16(2)21(23(31)27-18-10-8-7-9-11-18)22(30(24)29-25)17-12-13-19(32-3)20(15-17)33-4/h7-13,15,22H,5-6,14H2,1-4H3,(H,27,31)(H,26,28,29). The van der Waals surface area contributed by atoms with Gasteiger partial charge in [-0.25, -0.2) is 4.68 Å². The minimum Gasteiger partial charge on any atom is -0.493 e. The summed E-state index contributed by atoms with van der Waals surface area (Å²) in [4.78, 5) is 18.2. The highest BCUT2D eigenvalue weighted by atomic mass is 32.2. The Hall–Kier alpha value is -3.46. The maximum atomic E-state index is 13.5. The van der Waals surface area contributed by atoms with E-state index in [9.17, 15) is 4.79 Å². The van der Waals surface area contributed by atoms with E-state index in [0.29, 0.717) is 28.2 Å². The van der Waals surface area contributed by atoms with Gasteiger partial charge in [-0.3, -0.25) is 4.79 Å². The highest BCUT2D eigenvalue weighted by molar-refractivity contribution is 7.99. The number of unbranched alkanes of at least 4 members (excludes halogenated alkanes) is 1. The molecular weight excluding hydrogens is 450 g/mol. The zero-order valence-electron chi connectivity index (χ0n) is 19.8. The molecule has 1 aromatic heterocycles. The van der Waals surface area contributed by atoms with Crippen molar-refractivity contribution in [2.75, 3.05) is 30.6 Å². The molecule has 0 fully saturated rings. The molecule has 0 spiro atoms. The number of amides is 1. The van der Waals surface area contributed by atoms with Gasteiger partial charge in [0.25, 0.3) is 5.91 Å². The smallest absolute Gasteiger partial charge is 0.255 e. The summed E-state index contributed by atoms with van der Waals surface area (Å²) >= 11 is 1.62. The van der Waals surface area contributed by atoms with Gasteiger partial charge >= 0.3 is 0 Å². The Bertz CT molecular complexity index is 1190. The van der Waals surface area contributed by atoms with Crippen molar-refractivity contribution in [2.24, 2.45) is 0 Å². The molecule has 4 rings (SSSR count). The predicted molar refractivity (Wildman–Crippen MR) is 135 cm³/mol. The van der Waals surface area contributed by atoms with Gasteiger partial charge in [0.2, 0.25) is 11.1 Å². The number of carbonyl (C=O) groups is 1. The number of nitrogens with one attached hydrogen (secondary N) is 2. The van der Waals surface area contributed by atoms with Crippen LogP contribution < -0.4 is 20.1 Å². The lowest BCUT2D eigenvalue weighted by Crippen LogP contribution is -2.31. The van der Waals surface area contributed by atoms with Crippen LogP contribution in [0.4, 0.5) is 11.6 Å². The fourth-order valence-electron chi connectivity index (χ4n) is 3.85. The lowest BCUT2D eigenvalue weighted by molar-refractivity contribution is -0.113. The molecule has 1 atom stereocenters. The average molecular weight is 480 g/mol. The highest BCUT2D eigenvalue weighted by Gasteiger charge is 2.35. The fraction of sp³-hybridized carbons (Fsp3) is 0.320. The number of ether oxygens (including phenoxy) is 2. The van der Waals surface area contributed by atoms with Crippen LogP contribution in [0.15, 0.2) is 65.0 Å². The molecule has 8 nitrogen and oxygen atoms in total. The first-order chi connectivity index (χ1) is 16.5. The van der Waals surface area contributed by atoms with Gasteiger partial charge < -0.3 is 20.1 Å². The van der Waals surface area contributed by atoms with E-state index in [1.807, 2.05) is 55.5 Å². The molecule has 178 valence electrons. The Balaban J connectivity index is 1.77. The Morgan fingerprint density at radius 2 is 1.91 bits per heavy atom. The number of nitrogens with zero attached hydrogens (tertiary/aromatic N) is 3. The molecule has 1 unspecified atom stereocenters. The van der Waals surface area contributed by atoms with Gasteiger partial charge in [0.1, 0.15) is 6.04 Å². The lowest BCUT2D eigenvalue weighted by atomic mass is 9.94. The number of carbonyl (C=O) groups excluding carboxylic acids is 1. The summed E-state index contributed by atoms with van der Waals surface area (Å²) in [5.74, 6) is 2.53. The molecule has 34 heavy (non-hydrogen) atoms. The Morgan fingerprint density at radius 3 is 2.62 bits per heavy atom. The van der Waals surface area contributed by atoms with Crippen LogP contribution in [0.2, 0.25) is 0 Å². The first-order valence-electron chi connectivity index (χ1n) is 11.2. The summed E-state index contributed by atoms with van der Waals surface area (Å²) in [7, 11) is 3.19. The number of rotatable bonds is 9. The Labute approximate surface area is 203 Å². The first kappa shape index (κ1) is 23.7. The third-order valence-corrected chi connectivity index (χ3v) is 6.49. The van der Waals surface area contributed by atoms with Crippen molar-refractivity contribution < 1.29 is 14.3 Å². The molecule has 9 heteroatoms. The van der Waals surface area contributed by atoms with Gasteiger partial charge in [0.15, 0.2) is 11.5 Å². The SMILES string of the molecule is CCCCSc1nc2n(n1)C(c1ccc(OC)c(OC)c1)C(C(=O)Nc1ccccc1)=C(C)N2. The van der Waals surface area contributed by atoms with Crippen molar-refractivity contribution in [3.8, 4) is 11.5 Å². The van der Waals surface area contributed by atoms with E-state index in [4.69, 9.17) is 14.6 Å². The Morgan fingerprint density at radius 1 is 1.15 bits per heavy atom. The average Bonchev–Trinajstić information content (AvgIpc) is 3.25. The van der Waals surface area contributed by atoms with Crippen molar-refractivity contribution in [3.05, 3.63) is 65.4 Å². The largest absolute Gasteiger partial charge is 0.493 e. The van der Waals surface area contributed by atoms with Crippen molar-refractivity contribution in [1.82, 2.24) is 14.8 Å². The van der Waals surface area contributed by atoms with E-state index >= 15 is 0 Å². The Kier molecular flexibility index (Phi) is 7.42. The monoisotopic (exact) mass is 479 g/mol. The van der Waals surface area contributed by atoms with E-state index in [1.165, 1.54) is 0 Å². The molecule has 0 bridgehead atoms. The van der Waals surface area contributed by atoms with Crippen LogP contribution in [0.5, 0.6) is 11.5 Å². The van der Waals surface area contributed by atoms with Crippen LogP contribution >= 0.6 is 11.8 Å². The van der Waals surface area contributed by atoms with Crippen LogP contribution in [-0.4, -0.2) is 40.6 Å². The molecule has 0 radical (unpaired) electrons. The van der Waals surface area contributed by atoms with E-state index < -0.39 is 6.04 Å². The molecule has 0 saturated heterocycles. The highest BCUT2D eigenvalue weighted by Crippen LogP contribution is 2.39. The minimum absolute atomic E-state index is 0.211. The van der Waals surface area contributed by atoms with E-state index in [0.717, 1.165) is 35.5 Å². The summed E-state index contributed by atoms with van der Waals surface area (Å²) in [5.41, 5.74) is 2.84. The minimum atomic E-state index is -0.493. The molecule has 2 aromatic carbocycles. The summed E-state index contributed by atoms with van der Waals surface area (Å²) in [6.07, 6.45) is 2.20. The maximum absolute atomic E-state index is 13.5. The van der Waals surface area contributed by atoms with Gasteiger partial charge in [0.05, 0.1) is 19.8 Å². The van der Waals surface area contributed by atoms with Crippen LogP contribution in [0, 0.1) is 0 Å².